The van der Waals surface area contributed by atoms with Gasteiger partial charge in [-0.05, 0) is 31.0 Å². The molecule has 1 aromatic rings. The monoisotopic (exact) mass is 190 g/mol. The lowest BCUT2D eigenvalue weighted by molar-refractivity contribution is 0.112. The van der Waals surface area contributed by atoms with Crippen LogP contribution in [0.2, 0.25) is 0 Å². The van der Waals surface area contributed by atoms with Gasteiger partial charge in [0.05, 0.1) is 5.56 Å². The maximum Gasteiger partial charge on any atom is 0.153 e. The van der Waals surface area contributed by atoms with Gasteiger partial charge >= 0.3 is 0 Å². The minimum Gasteiger partial charge on any atom is -0.489 e. The van der Waals surface area contributed by atoms with Crippen LogP contribution in [0.25, 0.3) is 0 Å². The molecule has 0 fully saturated rings. The van der Waals surface area contributed by atoms with Crippen molar-refractivity contribution in [2.75, 3.05) is 6.61 Å². The van der Waals surface area contributed by atoms with E-state index in [1.807, 2.05) is 26.0 Å². The average Bonchev–Trinajstić information content (AvgIpc) is 2.15. The fraction of sp³-hybridized carbons (Fsp3) is 0.250. The van der Waals surface area contributed by atoms with Gasteiger partial charge in [-0.3, -0.25) is 4.79 Å². The first-order valence-electron chi connectivity index (χ1n) is 4.49. The molecule has 2 heteroatoms. The minimum absolute atomic E-state index is 0.421. The molecular weight excluding hydrogens is 176 g/mol. The van der Waals surface area contributed by atoms with Crippen LogP contribution in [-0.2, 0) is 0 Å². The van der Waals surface area contributed by atoms with Gasteiger partial charge in [0.25, 0.3) is 0 Å². The van der Waals surface area contributed by atoms with Gasteiger partial charge in [-0.15, -0.1) is 0 Å². The van der Waals surface area contributed by atoms with E-state index in [1.54, 1.807) is 6.08 Å². The Kier molecular flexibility index (Phi) is 3.46. The van der Waals surface area contributed by atoms with Crippen LogP contribution in [0.4, 0.5) is 0 Å². The summed E-state index contributed by atoms with van der Waals surface area (Å²) in [6.07, 6.45) is 2.48. The topological polar surface area (TPSA) is 26.3 Å². The molecule has 74 valence electrons. The Morgan fingerprint density at radius 1 is 1.43 bits per heavy atom. The molecule has 0 aromatic heterocycles. The first-order valence-corrected chi connectivity index (χ1v) is 4.49. The SMILES string of the molecule is C=CCOc1c(C)cc(C)cc1C=O. The van der Waals surface area contributed by atoms with Gasteiger partial charge in [-0.25, -0.2) is 0 Å². The summed E-state index contributed by atoms with van der Waals surface area (Å²) in [5.41, 5.74) is 2.65. The van der Waals surface area contributed by atoms with Crippen LogP contribution in [0.15, 0.2) is 24.8 Å². The van der Waals surface area contributed by atoms with E-state index in [0.717, 1.165) is 17.4 Å². The highest BCUT2D eigenvalue weighted by Crippen LogP contribution is 2.23. The van der Waals surface area contributed by atoms with E-state index < -0.39 is 0 Å². The fourth-order valence-corrected chi connectivity index (χ4v) is 1.41. The Balaban J connectivity index is 3.11. The zero-order valence-electron chi connectivity index (χ0n) is 8.54. The standard InChI is InChI=1S/C12H14O2/c1-4-5-14-12-10(3)6-9(2)7-11(12)8-13/h4,6-8H,1,5H2,2-3H3. The molecule has 0 amide bonds. The number of rotatable bonds is 4. The van der Waals surface area contributed by atoms with Crippen LogP contribution in [0, 0.1) is 13.8 Å². The Morgan fingerprint density at radius 3 is 2.71 bits per heavy atom. The smallest absolute Gasteiger partial charge is 0.153 e. The van der Waals surface area contributed by atoms with E-state index in [2.05, 4.69) is 6.58 Å². The van der Waals surface area contributed by atoms with E-state index in [-0.39, 0.29) is 0 Å². The van der Waals surface area contributed by atoms with Crippen molar-refractivity contribution >= 4 is 6.29 Å². The third-order valence-electron chi connectivity index (χ3n) is 1.92. The summed E-state index contributed by atoms with van der Waals surface area (Å²) in [7, 11) is 0. The van der Waals surface area contributed by atoms with Crippen molar-refractivity contribution in [2.24, 2.45) is 0 Å². The van der Waals surface area contributed by atoms with E-state index in [0.29, 0.717) is 17.9 Å². The van der Waals surface area contributed by atoms with Gasteiger partial charge in [0.2, 0.25) is 0 Å². The summed E-state index contributed by atoms with van der Waals surface area (Å²) in [4.78, 5) is 10.8. The first kappa shape index (κ1) is 10.5. The molecule has 0 aliphatic heterocycles. The predicted molar refractivity (Wildman–Crippen MR) is 57.0 cm³/mol. The van der Waals surface area contributed by atoms with Crippen molar-refractivity contribution in [1.82, 2.24) is 0 Å². The van der Waals surface area contributed by atoms with Crippen molar-refractivity contribution in [2.45, 2.75) is 13.8 Å². The summed E-state index contributed by atoms with van der Waals surface area (Å²) in [6, 6.07) is 3.81. The van der Waals surface area contributed by atoms with E-state index in [4.69, 9.17) is 4.74 Å². The van der Waals surface area contributed by atoms with Crippen LogP contribution in [-0.4, -0.2) is 12.9 Å². The van der Waals surface area contributed by atoms with Crippen molar-refractivity contribution in [3.05, 3.63) is 41.5 Å². The predicted octanol–water partition coefficient (Wildman–Crippen LogP) is 2.68. The highest BCUT2D eigenvalue weighted by Gasteiger charge is 2.06. The first-order chi connectivity index (χ1) is 6.69. The van der Waals surface area contributed by atoms with Gasteiger partial charge in [0.1, 0.15) is 12.4 Å². The number of aldehydes is 1. The van der Waals surface area contributed by atoms with Crippen molar-refractivity contribution in [3.63, 3.8) is 0 Å². The second-order valence-corrected chi connectivity index (χ2v) is 3.22. The summed E-state index contributed by atoms with van der Waals surface area (Å²) in [5.74, 6) is 0.658. The molecule has 0 radical (unpaired) electrons. The number of hydrogen-bond acceptors (Lipinski definition) is 2. The minimum atomic E-state index is 0.421. The summed E-state index contributed by atoms with van der Waals surface area (Å²) in [6.45, 7) is 7.87. The summed E-state index contributed by atoms with van der Waals surface area (Å²) >= 11 is 0. The third kappa shape index (κ3) is 2.22. The molecule has 0 spiro atoms. The number of ether oxygens (including phenoxy) is 1. The van der Waals surface area contributed by atoms with Gasteiger partial charge in [-0.1, -0.05) is 18.7 Å². The van der Waals surface area contributed by atoms with Crippen LogP contribution >= 0.6 is 0 Å². The zero-order chi connectivity index (χ0) is 10.6. The number of hydrogen-bond donors (Lipinski definition) is 0. The normalized spacial score (nSPS) is 9.57. The lowest BCUT2D eigenvalue weighted by Gasteiger charge is -2.10. The van der Waals surface area contributed by atoms with E-state index in [1.165, 1.54) is 0 Å². The number of aryl methyl sites for hydroxylation is 2. The van der Waals surface area contributed by atoms with Crippen LogP contribution in [0.5, 0.6) is 5.75 Å². The maximum absolute atomic E-state index is 10.8. The van der Waals surface area contributed by atoms with Crippen molar-refractivity contribution in [1.29, 1.82) is 0 Å². The summed E-state index contributed by atoms with van der Waals surface area (Å²) in [5, 5.41) is 0. The number of carbonyl (C=O) groups is 1. The highest BCUT2D eigenvalue weighted by atomic mass is 16.5. The largest absolute Gasteiger partial charge is 0.489 e. The molecule has 14 heavy (non-hydrogen) atoms. The third-order valence-corrected chi connectivity index (χ3v) is 1.92. The van der Waals surface area contributed by atoms with E-state index >= 15 is 0 Å². The zero-order valence-corrected chi connectivity index (χ0v) is 8.54. The molecule has 0 saturated heterocycles. The molecule has 0 saturated carbocycles. The maximum atomic E-state index is 10.8. The second-order valence-electron chi connectivity index (χ2n) is 3.22. The van der Waals surface area contributed by atoms with Crippen molar-refractivity contribution in [3.8, 4) is 5.75 Å². The van der Waals surface area contributed by atoms with Gasteiger partial charge in [-0.2, -0.15) is 0 Å². The second kappa shape index (κ2) is 4.61. The molecule has 1 aromatic carbocycles. The molecule has 0 atom stereocenters. The van der Waals surface area contributed by atoms with Crippen LogP contribution < -0.4 is 4.74 Å². The molecule has 0 aliphatic carbocycles. The Labute approximate surface area is 84.2 Å². The van der Waals surface area contributed by atoms with Gasteiger partial charge < -0.3 is 4.74 Å². The molecule has 0 heterocycles. The van der Waals surface area contributed by atoms with Crippen LogP contribution in [0.1, 0.15) is 21.5 Å². The molecule has 0 N–H and O–H groups in total. The fourth-order valence-electron chi connectivity index (χ4n) is 1.41. The molecule has 2 nitrogen and oxygen atoms in total. The molecule has 0 aliphatic rings. The quantitative estimate of drug-likeness (QED) is 0.539. The Bertz CT molecular complexity index is 354. The number of carbonyl (C=O) groups excluding carboxylic acids is 1. The summed E-state index contributed by atoms with van der Waals surface area (Å²) < 4.78 is 5.41. The number of benzene rings is 1. The lowest BCUT2D eigenvalue weighted by Crippen LogP contribution is -1.99. The van der Waals surface area contributed by atoms with Gasteiger partial charge in [0, 0.05) is 0 Å². The molecule has 0 bridgehead atoms. The Morgan fingerprint density at radius 2 is 2.14 bits per heavy atom. The van der Waals surface area contributed by atoms with Crippen molar-refractivity contribution < 1.29 is 9.53 Å². The molecular formula is C12H14O2. The molecule has 0 unspecified atom stereocenters. The molecule has 1 rings (SSSR count). The van der Waals surface area contributed by atoms with E-state index in [9.17, 15) is 4.79 Å². The highest BCUT2D eigenvalue weighted by molar-refractivity contribution is 5.80. The average molecular weight is 190 g/mol. The van der Waals surface area contributed by atoms with Crippen LogP contribution in [0.3, 0.4) is 0 Å². The van der Waals surface area contributed by atoms with Gasteiger partial charge in [0.15, 0.2) is 6.29 Å². The Hall–Kier alpha value is -1.57. The lowest BCUT2D eigenvalue weighted by atomic mass is 10.1.